The van der Waals surface area contributed by atoms with E-state index in [9.17, 15) is 9.90 Å². The molecule has 0 fully saturated rings. The van der Waals surface area contributed by atoms with Gasteiger partial charge in [-0.3, -0.25) is 5.43 Å². The number of para-hydroxylation sites is 2. The van der Waals surface area contributed by atoms with E-state index in [4.69, 9.17) is 9.47 Å². The van der Waals surface area contributed by atoms with Crippen LogP contribution < -0.4 is 14.9 Å². The van der Waals surface area contributed by atoms with Gasteiger partial charge in [0.25, 0.3) is 0 Å². The number of methoxy groups -OCH3 is 1. The third-order valence-corrected chi connectivity index (χ3v) is 4.60. The number of carboxylic acids is 1. The van der Waals surface area contributed by atoms with Crippen LogP contribution in [0, 0.1) is 0 Å². The lowest BCUT2D eigenvalue weighted by atomic mass is 10.2. The minimum absolute atomic E-state index is 0.141. The number of halogens is 1. The Kier molecular flexibility index (Phi) is 6.86. The van der Waals surface area contributed by atoms with Crippen molar-refractivity contribution in [3.8, 4) is 11.5 Å². The molecule has 0 bridgehead atoms. The Morgan fingerprint density at radius 3 is 2.59 bits per heavy atom. The van der Waals surface area contributed by atoms with E-state index in [2.05, 4.69) is 26.5 Å². The number of aromatic carboxylic acids is 1. The van der Waals surface area contributed by atoms with Crippen LogP contribution in [-0.2, 0) is 6.61 Å². The smallest absolute Gasteiger partial charge is 0.337 e. The van der Waals surface area contributed by atoms with E-state index >= 15 is 0 Å². The Hall–Kier alpha value is -3.32. The predicted octanol–water partition coefficient (Wildman–Crippen LogP) is 5.18. The third-order valence-electron chi connectivity index (χ3n) is 4.07. The molecule has 6 nitrogen and oxygen atoms in total. The van der Waals surface area contributed by atoms with Gasteiger partial charge in [0.15, 0.2) is 11.5 Å². The number of carbonyl (C=O) groups is 1. The summed E-state index contributed by atoms with van der Waals surface area (Å²) in [5.41, 5.74) is 5.02. The van der Waals surface area contributed by atoms with Gasteiger partial charge in [0.05, 0.1) is 24.6 Å². The van der Waals surface area contributed by atoms with Crippen LogP contribution in [0.2, 0.25) is 0 Å². The highest BCUT2D eigenvalue weighted by atomic mass is 79.9. The maximum Gasteiger partial charge on any atom is 0.337 e. The number of hydrogen-bond acceptors (Lipinski definition) is 5. The van der Waals surface area contributed by atoms with Crippen LogP contribution in [-0.4, -0.2) is 24.4 Å². The van der Waals surface area contributed by atoms with E-state index in [0.29, 0.717) is 29.4 Å². The number of benzene rings is 3. The summed E-state index contributed by atoms with van der Waals surface area (Å²) < 4.78 is 12.4. The fourth-order valence-electron chi connectivity index (χ4n) is 2.62. The molecule has 0 unspecified atom stereocenters. The van der Waals surface area contributed by atoms with Gasteiger partial charge in [-0.1, -0.05) is 46.3 Å². The van der Waals surface area contributed by atoms with E-state index in [-0.39, 0.29) is 5.56 Å². The SMILES string of the molecule is COc1cccc(C=NNc2ccccc2C(=O)O)c1OCc1ccc(Br)cc1. The molecular weight excluding hydrogens is 436 g/mol. The molecule has 0 aliphatic heterocycles. The highest BCUT2D eigenvalue weighted by molar-refractivity contribution is 9.10. The van der Waals surface area contributed by atoms with Crippen LogP contribution in [0.4, 0.5) is 5.69 Å². The highest BCUT2D eigenvalue weighted by Gasteiger charge is 2.11. The third kappa shape index (κ3) is 5.36. The van der Waals surface area contributed by atoms with Gasteiger partial charge in [-0.25, -0.2) is 4.79 Å². The van der Waals surface area contributed by atoms with E-state index in [1.165, 1.54) is 6.07 Å². The number of rotatable bonds is 8. The second-order valence-electron chi connectivity index (χ2n) is 6.01. The molecule has 0 saturated carbocycles. The van der Waals surface area contributed by atoms with Crippen LogP contribution in [0.25, 0.3) is 0 Å². The average molecular weight is 455 g/mol. The predicted molar refractivity (Wildman–Crippen MR) is 116 cm³/mol. The van der Waals surface area contributed by atoms with Gasteiger partial charge in [-0.2, -0.15) is 5.10 Å². The van der Waals surface area contributed by atoms with Crippen molar-refractivity contribution >= 4 is 33.8 Å². The van der Waals surface area contributed by atoms with Crippen molar-refractivity contribution in [3.05, 3.63) is 87.9 Å². The quantitative estimate of drug-likeness (QED) is 0.362. The molecule has 0 atom stereocenters. The van der Waals surface area contributed by atoms with Gasteiger partial charge < -0.3 is 14.6 Å². The fourth-order valence-corrected chi connectivity index (χ4v) is 2.89. The first-order valence-electron chi connectivity index (χ1n) is 8.74. The van der Waals surface area contributed by atoms with Crippen LogP contribution >= 0.6 is 15.9 Å². The second kappa shape index (κ2) is 9.75. The normalized spacial score (nSPS) is 10.7. The van der Waals surface area contributed by atoms with E-state index in [0.717, 1.165) is 10.0 Å². The Morgan fingerprint density at radius 2 is 1.86 bits per heavy atom. The zero-order valence-electron chi connectivity index (χ0n) is 15.6. The number of carboxylic acid groups (broad SMARTS) is 1. The first-order valence-corrected chi connectivity index (χ1v) is 9.53. The summed E-state index contributed by atoms with van der Waals surface area (Å²) in [5, 5.41) is 13.4. The van der Waals surface area contributed by atoms with Gasteiger partial charge in [0, 0.05) is 10.0 Å². The molecule has 0 aliphatic carbocycles. The molecule has 0 amide bonds. The van der Waals surface area contributed by atoms with Crippen LogP contribution in [0.15, 0.2) is 76.3 Å². The zero-order valence-corrected chi connectivity index (χ0v) is 17.2. The van der Waals surface area contributed by atoms with Crippen LogP contribution in [0.3, 0.4) is 0 Å². The van der Waals surface area contributed by atoms with Gasteiger partial charge in [0.2, 0.25) is 0 Å². The number of hydrogen-bond donors (Lipinski definition) is 2. The number of anilines is 1. The number of nitrogens with one attached hydrogen (secondary N) is 1. The van der Waals surface area contributed by atoms with E-state index in [1.807, 2.05) is 36.4 Å². The molecule has 3 aromatic rings. The summed E-state index contributed by atoms with van der Waals surface area (Å²) in [4.78, 5) is 11.3. The lowest BCUT2D eigenvalue weighted by molar-refractivity contribution is 0.0698. The van der Waals surface area contributed by atoms with Gasteiger partial charge in [-0.15, -0.1) is 0 Å². The minimum atomic E-state index is -1.02. The lowest BCUT2D eigenvalue weighted by Crippen LogP contribution is -2.03. The number of ether oxygens (including phenoxy) is 2. The highest BCUT2D eigenvalue weighted by Crippen LogP contribution is 2.31. The van der Waals surface area contributed by atoms with Gasteiger partial charge in [0.1, 0.15) is 6.61 Å². The molecule has 0 heterocycles. The molecule has 0 saturated heterocycles. The number of hydrazone groups is 1. The molecule has 148 valence electrons. The molecule has 29 heavy (non-hydrogen) atoms. The van der Waals surface area contributed by atoms with Crippen molar-refractivity contribution in [3.63, 3.8) is 0 Å². The second-order valence-corrected chi connectivity index (χ2v) is 6.93. The Balaban J connectivity index is 1.79. The van der Waals surface area contributed by atoms with E-state index < -0.39 is 5.97 Å². The van der Waals surface area contributed by atoms with E-state index in [1.54, 1.807) is 37.6 Å². The summed E-state index contributed by atoms with van der Waals surface area (Å²) in [7, 11) is 1.57. The van der Waals surface area contributed by atoms with Crippen molar-refractivity contribution in [2.24, 2.45) is 5.10 Å². The minimum Gasteiger partial charge on any atom is -0.493 e. The molecule has 0 spiro atoms. The molecule has 2 N–H and O–H groups in total. The molecule has 0 aromatic heterocycles. The zero-order chi connectivity index (χ0) is 20.6. The molecular formula is C22H19BrN2O4. The fraction of sp³-hybridized carbons (Fsp3) is 0.0909. The van der Waals surface area contributed by atoms with Crippen molar-refractivity contribution in [1.29, 1.82) is 0 Å². The molecule has 0 radical (unpaired) electrons. The number of nitrogens with zero attached hydrogens (tertiary/aromatic N) is 1. The summed E-state index contributed by atoms with van der Waals surface area (Å²) in [6.07, 6.45) is 1.57. The van der Waals surface area contributed by atoms with Gasteiger partial charge in [-0.05, 0) is 42.0 Å². The topological polar surface area (TPSA) is 80.2 Å². The van der Waals surface area contributed by atoms with Crippen LogP contribution in [0.5, 0.6) is 11.5 Å². The molecule has 0 aliphatic rings. The summed E-state index contributed by atoms with van der Waals surface area (Å²) in [6, 6.07) is 19.9. The summed E-state index contributed by atoms with van der Waals surface area (Å²) in [5.74, 6) is 0.107. The maximum absolute atomic E-state index is 11.3. The average Bonchev–Trinajstić information content (AvgIpc) is 2.74. The van der Waals surface area contributed by atoms with Crippen molar-refractivity contribution in [2.45, 2.75) is 6.61 Å². The Labute approximate surface area is 176 Å². The summed E-state index contributed by atoms with van der Waals surface area (Å²) >= 11 is 3.42. The van der Waals surface area contributed by atoms with Gasteiger partial charge >= 0.3 is 5.97 Å². The maximum atomic E-state index is 11.3. The van der Waals surface area contributed by atoms with Crippen LogP contribution in [0.1, 0.15) is 21.5 Å². The largest absolute Gasteiger partial charge is 0.493 e. The van der Waals surface area contributed by atoms with Crippen molar-refractivity contribution < 1.29 is 19.4 Å². The molecule has 3 aromatic carbocycles. The Bertz CT molecular complexity index is 1020. The first-order chi connectivity index (χ1) is 14.1. The van der Waals surface area contributed by atoms with Crippen molar-refractivity contribution in [2.75, 3.05) is 12.5 Å². The van der Waals surface area contributed by atoms with Crippen molar-refractivity contribution in [1.82, 2.24) is 0 Å². The summed E-state index contributed by atoms with van der Waals surface area (Å²) in [6.45, 7) is 0.365. The lowest BCUT2D eigenvalue weighted by Gasteiger charge is -2.13. The first kappa shape index (κ1) is 20.4. The Morgan fingerprint density at radius 1 is 1.10 bits per heavy atom. The molecule has 3 rings (SSSR count). The monoisotopic (exact) mass is 454 g/mol. The standard InChI is InChI=1S/C22H19BrN2O4/c1-28-20-8-4-5-16(21(20)29-14-15-9-11-17(23)12-10-15)13-24-25-19-7-3-2-6-18(19)22(26)27/h2-13,25H,14H2,1H3,(H,26,27). The molecule has 7 heteroatoms.